The van der Waals surface area contributed by atoms with E-state index in [1.807, 2.05) is 13.8 Å². The minimum absolute atomic E-state index is 0.0170. The van der Waals surface area contributed by atoms with E-state index in [4.69, 9.17) is 10.5 Å². The van der Waals surface area contributed by atoms with E-state index in [2.05, 4.69) is 5.32 Å². The fourth-order valence-corrected chi connectivity index (χ4v) is 2.48. The lowest BCUT2D eigenvalue weighted by Gasteiger charge is -2.51. The van der Waals surface area contributed by atoms with Crippen LogP contribution in [0.3, 0.4) is 0 Å². The van der Waals surface area contributed by atoms with Gasteiger partial charge in [0.25, 0.3) is 5.91 Å². The Hall–Kier alpha value is -1.62. The number of ether oxygens (including phenoxy) is 1. The molecule has 0 radical (unpaired) electrons. The summed E-state index contributed by atoms with van der Waals surface area (Å²) in [7, 11) is 1.65. The first-order valence-corrected chi connectivity index (χ1v) is 6.25. The first-order chi connectivity index (χ1) is 8.86. The molecule has 2 atom stereocenters. The molecule has 1 aliphatic rings. The van der Waals surface area contributed by atoms with E-state index in [9.17, 15) is 9.18 Å². The maximum atomic E-state index is 13.6. The van der Waals surface area contributed by atoms with Gasteiger partial charge in [0.15, 0.2) is 0 Å². The third-order valence-corrected chi connectivity index (χ3v) is 4.00. The second-order valence-electron chi connectivity index (χ2n) is 5.55. The molecule has 3 N–H and O–H groups in total. The number of halogens is 1. The van der Waals surface area contributed by atoms with Crippen molar-refractivity contribution in [1.82, 2.24) is 5.32 Å². The molecule has 5 heteroatoms. The van der Waals surface area contributed by atoms with Gasteiger partial charge < -0.3 is 15.8 Å². The molecule has 1 amide bonds. The van der Waals surface area contributed by atoms with Gasteiger partial charge in [-0.2, -0.15) is 0 Å². The predicted octanol–water partition coefficient (Wildman–Crippen LogP) is 1.95. The maximum Gasteiger partial charge on any atom is 0.254 e. The van der Waals surface area contributed by atoms with Crippen LogP contribution in [-0.4, -0.2) is 25.2 Å². The van der Waals surface area contributed by atoms with E-state index in [-0.39, 0.29) is 23.1 Å². The van der Waals surface area contributed by atoms with Crippen LogP contribution in [-0.2, 0) is 4.74 Å². The summed E-state index contributed by atoms with van der Waals surface area (Å²) >= 11 is 0. The lowest BCUT2D eigenvalue weighted by atomic mass is 9.64. The van der Waals surface area contributed by atoms with Crippen LogP contribution in [0.4, 0.5) is 10.1 Å². The SMILES string of the molecule is COC1CC(NC(=O)c2cc(N)ccc2F)C1(C)C. The molecule has 1 aliphatic carbocycles. The molecule has 1 saturated carbocycles. The van der Waals surface area contributed by atoms with Crippen molar-refractivity contribution in [2.75, 3.05) is 12.8 Å². The molecule has 0 aromatic heterocycles. The minimum Gasteiger partial charge on any atom is -0.399 e. The smallest absolute Gasteiger partial charge is 0.254 e. The van der Waals surface area contributed by atoms with E-state index < -0.39 is 11.7 Å². The molecule has 104 valence electrons. The minimum atomic E-state index is -0.563. The lowest BCUT2D eigenvalue weighted by molar-refractivity contribution is -0.0942. The summed E-state index contributed by atoms with van der Waals surface area (Å²) in [5, 5.41) is 2.84. The number of amides is 1. The number of methoxy groups -OCH3 is 1. The summed E-state index contributed by atoms with van der Waals surface area (Å²) in [4.78, 5) is 12.1. The Morgan fingerprint density at radius 2 is 2.21 bits per heavy atom. The molecule has 19 heavy (non-hydrogen) atoms. The van der Waals surface area contributed by atoms with Crippen molar-refractivity contribution >= 4 is 11.6 Å². The van der Waals surface area contributed by atoms with Crippen LogP contribution in [0.15, 0.2) is 18.2 Å². The Morgan fingerprint density at radius 3 is 2.79 bits per heavy atom. The number of nitrogens with one attached hydrogen (secondary N) is 1. The van der Waals surface area contributed by atoms with E-state index in [0.717, 1.165) is 6.42 Å². The average Bonchev–Trinajstić information content (AvgIpc) is 2.36. The maximum absolute atomic E-state index is 13.6. The zero-order valence-corrected chi connectivity index (χ0v) is 11.4. The first-order valence-electron chi connectivity index (χ1n) is 6.25. The van der Waals surface area contributed by atoms with Gasteiger partial charge >= 0.3 is 0 Å². The number of nitrogen functional groups attached to an aromatic ring is 1. The third kappa shape index (κ3) is 2.42. The Labute approximate surface area is 112 Å². The number of carbonyl (C=O) groups is 1. The molecule has 1 fully saturated rings. The van der Waals surface area contributed by atoms with Crippen molar-refractivity contribution in [3.63, 3.8) is 0 Å². The molecular weight excluding hydrogens is 247 g/mol. The number of rotatable bonds is 3. The van der Waals surface area contributed by atoms with E-state index in [0.29, 0.717) is 5.69 Å². The zero-order valence-electron chi connectivity index (χ0n) is 11.4. The Kier molecular flexibility index (Phi) is 3.49. The van der Waals surface area contributed by atoms with Gasteiger partial charge in [-0.3, -0.25) is 4.79 Å². The number of anilines is 1. The van der Waals surface area contributed by atoms with E-state index >= 15 is 0 Å². The molecule has 2 unspecified atom stereocenters. The van der Waals surface area contributed by atoms with E-state index in [1.54, 1.807) is 7.11 Å². The van der Waals surface area contributed by atoms with Crippen molar-refractivity contribution in [1.29, 1.82) is 0 Å². The Balaban J connectivity index is 2.09. The summed E-state index contributed by atoms with van der Waals surface area (Å²) in [6.45, 7) is 4.04. The molecule has 0 spiro atoms. The summed E-state index contributed by atoms with van der Waals surface area (Å²) in [6, 6.07) is 3.96. The Bertz CT molecular complexity index is 502. The predicted molar refractivity (Wildman–Crippen MR) is 71.3 cm³/mol. The summed E-state index contributed by atoms with van der Waals surface area (Å²) in [5.74, 6) is -0.996. The van der Waals surface area contributed by atoms with Crippen LogP contribution in [0.5, 0.6) is 0 Å². The quantitative estimate of drug-likeness (QED) is 0.822. The zero-order chi connectivity index (χ0) is 14.2. The highest BCUT2D eigenvalue weighted by Gasteiger charge is 2.49. The lowest BCUT2D eigenvalue weighted by Crippen LogP contribution is -2.61. The van der Waals surface area contributed by atoms with Crippen LogP contribution in [0.25, 0.3) is 0 Å². The number of hydrogen-bond acceptors (Lipinski definition) is 3. The second-order valence-corrected chi connectivity index (χ2v) is 5.55. The Morgan fingerprint density at radius 1 is 1.53 bits per heavy atom. The highest BCUT2D eigenvalue weighted by molar-refractivity contribution is 5.95. The first kappa shape index (κ1) is 13.8. The van der Waals surface area contributed by atoms with Gasteiger partial charge in [-0.05, 0) is 24.6 Å². The van der Waals surface area contributed by atoms with Crippen LogP contribution in [0.2, 0.25) is 0 Å². The van der Waals surface area contributed by atoms with Crippen LogP contribution >= 0.6 is 0 Å². The van der Waals surface area contributed by atoms with Crippen LogP contribution < -0.4 is 11.1 Å². The number of carbonyl (C=O) groups excluding carboxylic acids is 1. The van der Waals surface area contributed by atoms with Gasteiger partial charge in [0, 0.05) is 24.3 Å². The molecule has 0 bridgehead atoms. The number of hydrogen-bond donors (Lipinski definition) is 2. The van der Waals surface area contributed by atoms with Gasteiger partial charge in [-0.15, -0.1) is 0 Å². The largest absolute Gasteiger partial charge is 0.399 e. The van der Waals surface area contributed by atoms with Crippen molar-refractivity contribution in [2.24, 2.45) is 5.41 Å². The van der Waals surface area contributed by atoms with Gasteiger partial charge in [0.1, 0.15) is 5.82 Å². The summed E-state index contributed by atoms with van der Waals surface area (Å²) in [5.41, 5.74) is 5.77. The molecular formula is C14H19FN2O2. The average molecular weight is 266 g/mol. The fourth-order valence-electron chi connectivity index (χ4n) is 2.48. The number of nitrogens with two attached hydrogens (primary N) is 1. The molecule has 1 aromatic rings. The molecule has 0 heterocycles. The molecule has 1 aromatic carbocycles. The van der Waals surface area contributed by atoms with Crippen molar-refractivity contribution in [2.45, 2.75) is 32.4 Å². The van der Waals surface area contributed by atoms with Gasteiger partial charge in [-0.1, -0.05) is 13.8 Å². The monoisotopic (exact) mass is 266 g/mol. The van der Waals surface area contributed by atoms with Crippen LogP contribution in [0.1, 0.15) is 30.6 Å². The highest BCUT2D eigenvalue weighted by Crippen LogP contribution is 2.42. The van der Waals surface area contributed by atoms with Gasteiger partial charge in [-0.25, -0.2) is 4.39 Å². The normalized spacial score (nSPS) is 24.6. The van der Waals surface area contributed by atoms with Gasteiger partial charge in [0.05, 0.1) is 11.7 Å². The fraction of sp³-hybridized carbons (Fsp3) is 0.500. The highest BCUT2D eigenvalue weighted by atomic mass is 19.1. The van der Waals surface area contributed by atoms with E-state index in [1.165, 1.54) is 18.2 Å². The molecule has 0 saturated heterocycles. The van der Waals surface area contributed by atoms with Crippen molar-refractivity contribution in [3.05, 3.63) is 29.6 Å². The summed E-state index contributed by atoms with van der Waals surface area (Å²) in [6.07, 6.45) is 0.850. The summed E-state index contributed by atoms with van der Waals surface area (Å²) < 4.78 is 18.9. The number of benzene rings is 1. The van der Waals surface area contributed by atoms with Crippen molar-refractivity contribution in [3.8, 4) is 0 Å². The topological polar surface area (TPSA) is 64.3 Å². The molecule has 4 nitrogen and oxygen atoms in total. The third-order valence-electron chi connectivity index (χ3n) is 4.00. The van der Waals surface area contributed by atoms with Gasteiger partial charge in [0.2, 0.25) is 0 Å². The van der Waals surface area contributed by atoms with Crippen molar-refractivity contribution < 1.29 is 13.9 Å². The van der Waals surface area contributed by atoms with Crippen LogP contribution in [0, 0.1) is 11.2 Å². The standard InChI is InChI=1S/C14H19FN2O2/c1-14(2)11(7-12(14)19-3)17-13(18)9-6-8(16)4-5-10(9)15/h4-6,11-12H,7,16H2,1-3H3,(H,17,18). The molecule has 2 rings (SSSR count). The molecule has 0 aliphatic heterocycles. The second kappa shape index (κ2) is 4.81.